The van der Waals surface area contributed by atoms with Crippen LogP contribution in [0.25, 0.3) is 11.1 Å². The van der Waals surface area contributed by atoms with Crippen molar-refractivity contribution in [1.82, 2.24) is 0 Å². The molecule has 2 nitrogen and oxygen atoms in total. The summed E-state index contributed by atoms with van der Waals surface area (Å²) >= 11 is 0. The summed E-state index contributed by atoms with van der Waals surface area (Å²) in [5, 5.41) is 20.2. The third kappa shape index (κ3) is 2.64. The molecule has 106 valence electrons. The van der Waals surface area contributed by atoms with Crippen LogP contribution in [0.3, 0.4) is 0 Å². The Hall–Kier alpha value is -1.96. The number of benzene rings is 2. The van der Waals surface area contributed by atoms with Crippen LogP contribution in [0.4, 0.5) is 0 Å². The Morgan fingerprint density at radius 2 is 1.40 bits per heavy atom. The van der Waals surface area contributed by atoms with Gasteiger partial charge in [-0.3, -0.25) is 0 Å². The Kier molecular flexibility index (Phi) is 4.33. The molecule has 2 aromatic carbocycles. The zero-order valence-corrected chi connectivity index (χ0v) is 12.4. The standard InChI is InChI=1S/C18H22O2/c1-4-12-7-8-15(9-13(12)5-2)17-11-16(19)10-14(6-3)18(17)20/h7-11,19-20H,4-6H2,1-3H3. The average molecular weight is 270 g/mol. The van der Waals surface area contributed by atoms with Crippen molar-refractivity contribution in [3.63, 3.8) is 0 Å². The Bertz CT molecular complexity index is 615. The predicted octanol–water partition coefficient (Wildman–Crippen LogP) is 4.45. The van der Waals surface area contributed by atoms with Gasteiger partial charge in [-0.15, -0.1) is 0 Å². The first-order valence-corrected chi connectivity index (χ1v) is 7.27. The van der Waals surface area contributed by atoms with E-state index in [4.69, 9.17) is 0 Å². The highest BCUT2D eigenvalue weighted by Gasteiger charge is 2.12. The maximum absolute atomic E-state index is 10.3. The number of rotatable bonds is 4. The zero-order valence-electron chi connectivity index (χ0n) is 12.4. The lowest BCUT2D eigenvalue weighted by molar-refractivity contribution is 0.456. The van der Waals surface area contributed by atoms with Crippen LogP contribution >= 0.6 is 0 Å². The third-order valence-corrected chi connectivity index (χ3v) is 3.83. The summed E-state index contributed by atoms with van der Waals surface area (Å²) in [5.74, 6) is 0.476. The van der Waals surface area contributed by atoms with Crippen LogP contribution in [0.1, 0.15) is 37.5 Å². The molecule has 2 N–H and O–H groups in total. The van der Waals surface area contributed by atoms with Crippen LogP contribution in [0.2, 0.25) is 0 Å². The van der Waals surface area contributed by atoms with Crippen molar-refractivity contribution in [3.05, 3.63) is 47.0 Å². The first-order chi connectivity index (χ1) is 9.60. The lowest BCUT2D eigenvalue weighted by Gasteiger charge is -2.13. The van der Waals surface area contributed by atoms with Gasteiger partial charge in [-0.25, -0.2) is 0 Å². The average Bonchev–Trinajstić information content (AvgIpc) is 2.48. The lowest BCUT2D eigenvalue weighted by Crippen LogP contribution is -1.93. The van der Waals surface area contributed by atoms with Gasteiger partial charge in [0, 0.05) is 5.56 Å². The molecule has 0 aliphatic heterocycles. The highest BCUT2D eigenvalue weighted by atomic mass is 16.3. The molecule has 20 heavy (non-hydrogen) atoms. The molecule has 0 bridgehead atoms. The van der Waals surface area contributed by atoms with Gasteiger partial charge < -0.3 is 10.2 Å². The number of phenolic OH excluding ortho intramolecular Hbond substituents is 2. The molecule has 0 atom stereocenters. The fourth-order valence-electron chi connectivity index (χ4n) is 2.63. The van der Waals surface area contributed by atoms with E-state index in [1.165, 1.54) is 11.1 Å². The molecule has 2 rings (SSSR count). The van der Waals surface area contributed by atoms with E-state index in [-0.39, 0.29) is 11.5 Å². The molecule has 0 unspecified atom stereocenters. The maximum Gasteiger partial charge on any atom is 0.126 e. The van der Waals surface area contributed by atoms with Crippen LogP contribution in [-0.4, -0.2) is 10.2 Å². The molecular formula is C18H22O2. The summed E-state index contributed by atoms with van der Waals surface area (Å²) in [6.07, 6.45) is 2.67. The normalized spacial score (nSPS) is 10.8. The summed E-state index contributed by atoms with van der Waals surface area (Å²) in [4.78, 5) is 0. The molecule has 0 aliphatic carbocycles. The Labute approximate surface area is 120 Å². The maximum atomic E-state index is 10.3. The van der Waals surface area contributed by atoms with Gasteiger partial charge in [0.1, 0.15) is 11.5 Å². The molecule has 0 aliphatic rings. The minimum Gasteiger partial charge on any atom is -0.508 e. The highest BCUT2D eigenvalue weighted by Crippen LogP contribution is 2.36. The summed E-state index contributed by atoms with van der Waals surface area (Å²) < 4.78 is 0. The van der Waals surface area contributed by atoms with E-state index in [0.717, 1.165) is 24.0 Å². The second kappa shape index (κ2) is 6.00. The van der Waals surface area contributed by atoms with E-state index in [9.17, 15) is 10.2 Å². The van der Waals surface area contributed by atoms with Gasteiger partial charge in [0.15, 0.2) is 0 Å². The molecule has 2 aromatic rings. The minimum atomic E-state index is 0.201. The number of hydrogen-bond donors (Lipinski definition) is 2. The number of aromatic hydroxyl groups is 2. The van der Waals surface area contributed by atoms with Crippen LogP contribution in [0.5, 0.6) is 11.5 Å². The first-order valence-electron chi connectivity index (χ1n) is 7.27. The molecular weight excluding hydrogens is 248 g/mol. The second-order valence-electron chi connectivity index (χ2n) is 5.05. The van der Waals surface area contributed by atoms with Gasteiger partial charge in [0.2, 0.25) is 0 Å². The van der Waals surface area contributed by atoms with Crippen LogP contribution in [0.15, 0.2) is 30.3 Å². The lowest BCUT2D eigenvalue weighted by atomic mass is 9.94. The number of aryl methyl sites for hydroxylation is 3. The van der Waals surface area contributed by atoms with E-state index in [2.05, 4.69) is 26.0 Å². The second-order valence-corrected chi connectivity index (χ2v) is 5.05. The van der Waals surface area contributed by atoms with Gasteiger partial charge in [0.05, 0.1) is 0 Å². The van der Waals surface area contributed by atoms with Gasteiger partial charge in [-0.1, -0.05) is 39.0 Å². The van der Waals surface area contributed by atoms with E-state index >= 15 is 0 Å². The van der Waals surface area contributed by atoms with E-state index < -0.39 is 0 Å². The van der Waals surface area contributed by atoms with Crippen molar-refractivity contribution in [1.29, 1.82) is 0 Å². The molecule has 0 radical (unpaired) electrons. The Morgan fingerprint density at radius 1 is 0.750 bits per heavy atom. The monoisotopic (exact) mass is 270 g/mol. The number of hydrogen-bond acceptors (Lipinski definition) is 2. The van der Waals surface area contributed by atoms with Gasteiger partial charge >= 0.3 is 0 Å². The molecule has 0 aromatic heterocycles. The van der Waals surface area contributed by atoms with Crippen molar-refractivity contribution in [2.45, 2.75) is 40.0 Å². The molecule has 0 saturated heterocycles. The van der Waals surface area contributed by atoms with E-state index in [1.54, 1.807) is 12.1 Å². The van der Waals surface area contributed by atoms with E-state index in [1.807, 2.05) is 13.0 Å². The molecule has 0 heterocycles. The minimum absolute atomic E-state index is 0.201. The highest BCUT2D eigenvalue weighted by molar-refractivity contribution is 5.74. The predicted molar refractivity (Wildman–Crippen MR) is 83.3 cm³/mol. The van der Waals surface area contributed by atoms with E-state index in [0.29, 0.717) is 12.0 Å². The Morgan fingerprint density at radius 3 is 2.00 bits per heavy atom. The van der Waals surface area contributed by atoms with Crippen LogP contribution in [0, 0.1) is 0 Å². The molecule has 0 spiro atoms. The molecule has 0 amide bonds. The van der Waals surface area contributed by atoms with Crippen molar-refractivity contribution < 1.29 is 10.2 Å². The van der Waals surface area contributed by atoms with Crippen molar-refractivity contribution in [3.8, 4) is 22.6 Å². The van der Waals surface area contributed by atoms with Crippen molar-refractivity contribution in [2.75, 3.05) is 0 Å². The third-order valence-electron chi connectivity index (χ3n) is 3.83. The molecule has 0 fully saturated rings. The van der Waals surface area contributed by atoms with Crippen molar-refractivity contribution >= 4 is 0 Å². The topological polar surface area (TPSA) is 40.5 Å². The van der Waals surface area contributed by atoms with Crippen LogP contribution < -0.4 is 0 Å². The summed E-state index contributed by atoms with van der Waals surface area (Å²) in [6.45, 7) is 6.25. The van der Waals surface area contributed by atoms with Gasteiger partial charge in [-0.05, 0) is 53.6 Å². The molecule has 2 heteroatoms. The SMILES string of the molecule is CCc1ccc(-c2cc(O)cc(CC)c2O)cc1CC. The van der Waals surface area contributed by atoms with Crippen LogP contribution in [-0.2, 0) is 19.3 Å². The summed E-state index contributed by atoms with van der Waals surface area (Å²) in [7, 11) is 0. The fourth-order valence-corrected chi connectivity index (χ4v) is 2.63. The summed E-state index contributed by atoms with van der Waals surface area (Å²) in [6, 6.07) is 9.51. The zero-order chi connectivity index (χ0) is 14.7. The smallest absolute Gasteiger partial charge is 0.126 e. The quantitative estimate of drug-likeness (QED) is 0.806. The fraction of sp³-hybridized carbons (Fsp3) is 0.333. The number of phenols is 2. The van der Waals surface area contributed by atoms with Gasteiger partial charge in [0.25, 0.3) is 0 Å². The summed E-state index contributed by atoms with van der Waals surface area (Å²) in [5.41, 5.74) is 5.08. The Balaban J connectivity index is 2.59. The van der Waals surface area contributed by atoms with Crippen molar-refractivity contribution in [2.24, 2.45) is 0 Å². The van der Waals surface area contributed by atoms with Gasteiger partial charge in [-0.2, -0.15) is 0 Å². The largest absolute Gasteiger partial charge is 0.508 e. The molecule has 0 saturated carbocycles. The first kappa shape index (κ1) is 14.4.